The van der Waals surface area contributed by atoms with Gasteiger partial charge in [0.05, 0.1) is 6.54 Å². The normalized spacial score (nSPS) is 17.0. The minimum absolute atomic E-state index is 0.0113. The van der Waals surface area contributed by atoms with Crippen molar-refractivity contribution < 1.29 is 4.79 Å². The number of anilines is 2. The van der Waals surface area contributed by atoms with Crippen LogP contribution in [0.1, 0.15) is 55.6 Å². The third-order valence-electron chi connectivity index (χ3n) is 6.42. The quantitative estimate of drug-likeness (QED) is 0.634. The molecule has 2 aliphatic rings. The molecule has 5 rings (SSSR count). The molecule has 0 atom stereocenters. The lowest BCUT2D eigenvalue weighted by Gasteiger charge is -2.32. The lowest BCUT2D eigenvalue weighted by Crippen LogP contribution is -2.32. The first-order chi connectivity index (χ1) is 15.0. The minimum atomic E-state index is 0.0113. The molecule has 2 aliphatic heterocycles. The van der Waals surface area contributed by atoms with Gasteiger partial charge in [-0.15, -0.1) is 10.2 Å². The smallest absolute Gasteiger partial charge is 0.260 e. The van der Waals surface area contributed by atoms with Crippen molar-refractivity contribution in [2.45, 2.75) is 46.2 Å². The summed E-state index contributed by atoms with van der Waals surface area (Å²) in [5.41, 5.74) is 3.70. The van der Waals surface area contributed by atoms with Crippen molar-refractivity contribution in [2.75, 3.05) is 22.9 Å². The average molecular weight is 417 g/mol. The number of amides is 1. The van der Waals surface area contributed by atoms with Gasteiger partial charge in [0.25, 0.3) is 5.91 Å². The summed E-state index contributed by atoms with van der Waals surface area (Å²) < 4.78 is 1.98. The van der Waals surface area contributed by atoms with E-state index in [9.17, 15) is 4.79 Å². The van der Waals surface area contributed by atoms with Crippen LogP contribution in [0.4, 0.5) is 11.5 Å². The van der Waals surface area contributed by atoms with Crippen LogP contribution in [-0.2, 0) is 6.54 Å². The Kier molecular flexibility index (Phi) is 4.96. The van der Waals surface area contributed by atoms with Crippen molar-refractivity contribution in [3.05, 3.63) is 53.9 Å². The van der Waals surface area contributed by atoms with E-state index in [-0.39, 0.29) is 11.9 Å². The second-order valence-corrected chi connectivity index (χ2v) is 8.94. The molecule has 31 heavy (non-hydrogen) atoms. The fraction of sp³-hybridized carbons (Fsp3) is 0.417. The fourth-order valence-corrected chi connectivity index (χ4v) is 4.44. The number of hydrogen-bond acceptors (Lipinski definition) is 5. The Labute approximate surface area is 182 Å². The molecule has 160 valence electrons. The standard InChI is InChI=1S/C24H28N6O/c1-16(2)30-15-25-27-23(30)21-5-4-6-22(26-21)29-14-18-7-8-19(13-20(18)24(29)31)28-11-9-17(3)10-12-28/h4-8,13,15-17H,9-12,14H2,1-3H3. The fourth-order valence-electron chi connectivity index (χ4n) is 4.44. The Morgan fingerprint density at radius 2 is 1.90 bits per heavy atom. The Balaban J connectivity index is 1.42. The van der Waals surface area contributed by atoms with E-state index in [0.29, 0.717) is 18.2 Å². The van der Waals surface area contributed by atoms with Gasteiger partial charge in [0.1, 0.15) is 17.8 Å². The number of pyridine rings is 1. The van der Waals surface area contributed by atoms with Gasteiger partial charge in [-0.1, -0.05) is 19.1 Å². The summed E-state index contributed by atoms with van der Waals surface area (Å²) in [5.74, 6) is 2.15. The molecule has 0 saturated carbocycles. The van der Waals surface area contributed by atoms with Gasteiger partial charge < -0.3 is 9.47 Å². The number of rotatable bonds is 4. The summed E-state index contributed by atoms with van der Waals surface area (Å²) in [5, 5.41) is 8.28. The highest BCUT2D eigenvalue weighted by atomic mass is 16.2. The van der Waals surface area contributed by atoms with Crippen molar-refractivity contribution in [3.8, 4) is 11.5 Å². The molecular formula is C24H28N6O. The summed E-state index contributed by atoms with van der Waals surface area (Å²) in [6.45, 7) is 9.12. The maximum absolute atomic E-state index is 13.3. The zero-order chi connectivity index (χ0) is 21.5. The third kappa shape index (κ3) is 3.58. The van der Waals surface area contributed by atoms with Crippen LogP contribution < -0.4 is 9.80 Å². The molecule has 2 aromatic heterocycles. The van der Waals surface area contributed by atoms with Gasteiger partial charge >= 0.3 is 0 Å². The average Bonchev–Trinajstić information content (AvgIpc) is 3.40. The van der Waals surface area contributed by atoms with Crippen molar-refractivity contribution in [3.63, 3.8) is 0 Å². The number of piperidine rings is 1. The number of nitrogens with zero attached hydrogens (tertiary/aromatic N) is 6. The van der Waals surface area contributed by atoms with Crippen LogP contribution >= 0.6 is 0 Å². The lowest BCUT2D eigenvalue weighted by molar-refractivity contribution is 0.0996. The molecule has 0 radical (unpaired) electrons. The minimum Gasteiger partial charge on any atom is -0.371 e. The highest BCUT2D eigenvalue weighted by molar-refractivity contribution is 6.10. The molecule has 1 fully saturated rings. The molecule has 0 N–H and O–H groups in total. The number of benzene rings is 1. The summed E-state index contributed by atoms with van der Waals surface area (Å²) in [7, 11) is 0. The molecule has 0 unspecified atom stereocenters. The highest BCUT2D eigenvalue weighted by Gasteiger charge is 2.30. The molecule has 1 aromatic carbocycles. The van der Waals surface area contributed by atoms with Gasteiger partial charge in [0.15, 0.2) is 5.82 Å². The number of hydrogen-bond donors (Lipinski definition) is 0. The molecule has 3 aromatic rings. The number of carbonyl (C=O) groups is 1. The van der Waals surface area contributed by atoms with E-state index < -0.39 is 0 Å². The molecule has 0 aliphatic carbocycles. The summed E-state index contributed by atoms with van der Waals surface area (Å²) in [6.07, 6.45) is 4.12. The maximum atomic E-state index is 13.3. The topological polar surface area (TPSA) is 67.2 Å². The predicted octanol–water partition coefficient (Wildman–Crippen LogP) is 4.32. The first-order valence-electron chi connectivity index (χ1n) is 11.1. The van der Waals surface area contributed by atoms with Gasteiger partial charge in [-0.25, -0.2) is 4.98 Å². The highest BCUT2D eigenvalue weighted by Crippen LogP contribution is 2.32. The van der Waals surface area contributed by atoms with Gasteiger partial charge in [-0.3, -0.25) is 9.69 Å². The first-order valence-corrected chi connectivity index (χ1v) is 11.1. The molecule has 7 heteroatoms. The van der Waals surface area contributed by atoms with Gasteiger partial charge in [-0.05, 0) is 62.4 Å². The summed E-state index contributed by atoms with van der Waals surface area (Å²) in [6, 6.07) is 12.3. The van der Waals surface area contributed by atoms with Crippen LogP contribution in [-0.4, -0.2) is 38.7 Å². The van der Waals surface area contributed by atoms with Gasteiger partial charge in [0.2, 0.25) is 0 Å². The molecular weight excluding hydrogens is 388 g/mol. The van der Waals surface area contributed by atoms with E-state index in [2.05, 4.69) is 54.1 Å². The van der Waals surface area contributed by atoms with Crippen molar-refractivity contribution in [1.82, 2.24) is 19.7 Å². The van der Waals surface area contributed by atoms with Crippen LogP contribution in [0, 0.1) is 5.92 Å². The SMILES string of the molecule is CC1CCN(c2ccc3c(c2)C(=O)N(c2cccc(-c4nncn4C(C)C)n2)C3)CC1. The zero-order valence-corrected chi connectivity index (χ0v) is 18.3. The van der Waals surface area contributed by atoms with E-state index in [1.807, 2.05) is 22.8 Å². The van der Waals surface area contributed by atoms with E-state index in [1.54, 1.807) is 11.2 Å². The van der Waals surface area contributed by atoms with E-state index >= 15 is 0 Å². The lowest BCUT2D eigenvalue weighted by atomic mass is 9.98. The maximum Gasteiger partial charge on any atom is 0.260 e. The Hall–Kier alpha value is -3.22. The molecule has 0 spiro atoms. The monoisotopic (exact) mass is 416 g/mol. The van der Waals surface area contributed by atoms with E-state index in [1.165, 1.54) is 12.8 Å². The molecule has 7 nitrogen and oxygen atoms in total. The molecule has 0 bridgehead atoms. The molecule has 1 saturated heterocycles. The Bertz CT molecular complexity index is 1110. The Morgan fingerprint density at radius 1 is 1.10 bits per heavy atom. The van der Waals surface area contributed by atoms with E-state index in [4.69, 9.17) is 4.98 Å². The number of fused-ring (bicyclic) bond motifs is 1. The van der Waals surface area contributed by atoms with E-state index in [0.717, 1.165) is 41.5 Å². The zero-order valence-electron chi connectivity index (χ0n) is 18.3. The second-order valence-electron chi connectivity index (χ2n) is 8.94. The summed E-state index contributed by atoms with van der Waals surface area (Å²) in [4.78, 5) is 22.2. The van der Waals surface area contributed by atoms with Crippen molar-refractivity contribution in [2.24, 2.45) is 5.92 Å². The largest absolute Gasteiger partial charge is 0.371 e. The second kappa shape index (κ2) is 7.80. The Morgan fingerprint density at radius 3 is 2.68 bits per heavy atom. The number of aromatic nitrogens is 4. The first kappa shape index (κ1) is 19.7. The molecule has 1 amide bonds. The third-order valence-corrected chi connectivity index (χ3v) is 6.42. The van der Waals surface area contributed by atoms with Crippen LogP contribution in [0.3, 0.4) is 0 Å². The van der Waals surface area contributed by atoms with Crippen LogP contribution in [0.5, 0.6) is 0 Å². The summed E-state index contributed by atoms with van der Waals surface area (Å²) >= 11 is 0. The van der Waals surface area contributed by atoms with Crippen LogP contribution in [0.2, 0.25) is 0 Å². The molecule has 4 heterocycles. The van der Waals surface area contributed by atoms with Crippen molar-refractivity contribution >= 4 is 17.4 Å². The number of carbonyl (C=O) groups excluding carboxylic acids is 1. The van der Waals surface area contributed by atoms with Crippen molar-refractivity contribution in [1.29, 1.82) is 0 Å². The van der Waals surface area contributed by atoms with Gasteiger partial charge in [0, 0.05) is 30.4 Å². The predicted molar refractivity (Wildman–Crippen MR) is 121 cm³/mol. The van der Waals surface area contributed by atoms with Crippen LogP contribution in [0.25, 0.3) is 11.5 Å². The van der Waals surface area contributed by atoms with Gasteiger partial charge in [-0.2, -0.15) is 0 Å². The van der Waals surface area contributed by atoms with Crippen LogP contribution in [0.15, 0.2) is 42.7 Å².